The van der Waals surface area contributed by atoms with Crippen LogP contribution in [0.25, 0.3) is 11.3 Å². The molecule has 5 heteroatoms. The second-order valence-electron chi connectivity index (χ2n) is 3.94. The van der Waals surface area contributed by atoms with Gasteiger partial charge in [0.1, 0.15) is 5.82 Å². The van der Waals surface area contributed by atoms with E-state index in [0.717, 1.165) is 6.20 Å². The zero-order valence-corrected chi connectivity index (χ0v) is 10.7. The van der Waals surface area contributed by atoms with Crippen LogP contribution in [0, 0.1) is 12.7 Å². The van der Waals surface area contributed by atoms with Gasteiger partial charge in [0.25, 0.3) is 0 Å². The molecule has 0 unspecified atom stereocenters. The molecule has 0 aliphatic rings. The fourth-order valence-electron chi connectivity index (χ4n) is 1.70. The molecule has 0 atom stereocenters. The van der Waals surface area contributed by atoms with E-state index in [-0.39, 0.29) is 0 Å². The summed E-state index contributed by atoms with van der Waals surface area (Å²) in [5, 5.41) is 0. The Labute approximate surface area is 110 Å². The summed E-state index contributed by atoms with van der Waals surface area (Å²) < 4.78 is 18.0. The van der Waals surface area contributed by atoms with Gasteiger partial charge in [0, 0.05) is 11.8 Å². The van der Waals surface area contributed by atoms with Gasteiger partial charge in [-0.05, 0) is 32.0 Å². The molecule has 19 heavy (non-hydrogen) atoms. The lowest BCUT2D eigenvalue weighted by Gasteiger charge is -2.07. The molecule has 0 bridgehead atoms. The lowest BCUT2D eigenvalue weighted by atomic mass is 10.1. The first-order valence-electron chi connectivity index (χ1n) is 5.87. The Kier molecular flexibility index (Phi) is 3.85. The van der Waals surface area contributed by atoms with Crippen molar-refractivity contribution in [2.45, 2.75) is 13.8 Å². The minimum absolute atomic E-state index is 0.313. The van der Waals surface area contributed by atoms with Crippen LogP contribution in [0.5, 0.6) is 0 Å². The number of aryl methyl sites for hydroxylation is 1. The average Bonchev–Trinajstić information content (AvgIpc) is 2.38. The highest BCUT2D eigenvalue weighted by Gasteiger charge is 2.12. The molecule has 2 heterocycles. The third kappa shape index (κ3) is 2.93. The Balaban J connectivity index is 2.36. The van der Waals surface area contributed by atoms with Crippen LogP contribution in [-0.4, -0.2) is 22.5 Å². The van der Waals surface area contributed by atoms with Gasteiger partial charge in [0.05, 0.1) is 29.8 Å². The average molecular weight is 260 g/mol. The standard InChI is InChI=1S/C14H13FN2O2/c1-3-19-14(18)12-4-5-13(17-9(12)2)10-6-11(15)8-16-7-10/h4-8H,3H2,1-2H3. The number of aromatic nitrogens is 2. The predicted molar refractivity (Wildman–Crippen MR) is 68.1 cm³/mol. The van der Waals surface area contributed by atoms with Gasteiger partial charge in [0.2, 0.25) is 0 Å². The summed E-state index contributed by atoms with van der Waals surface area (Å²) in [6, 6.07) is 4.62. The van der Waals surface area contributed by atoms with Crippen molar-refractivity contribution in [1.29, 1.82) is 0 Å². The summed E-state index contributed by atoms with van der Waals surface area (Å²) >= 11 is 0. The summed E-state index contributed by atoms with van der Waals surface area (Å²) in [5.74, 6) is -0.831. The van der Waals surface area contributed by atoms with Gasteiger partial charge in [-0.2, -0.15) is 0 Å². The minimum atomic E-state index is -0.425. The Morgan fingerprint density at radius 3 is 2.79 bits per heavy atom. The molecular weight excluding hydrogens is 247 g/mol. The molecule has 2 rings (SSSR count). The molecule has 0 aromatic carbocycles. The van der Waals surface area contributed by atoms with Gasteiger partial charge < -0.3 is 4.74 Å². The number of carbonyl (C=O) groups is 1. The number of carbonyl (C=O) groups excluding carboxylic acids is 1. The van der Waals surface area contributed by atoms with Gasteiger partial charge in [-0.3, -0.25) is 9.97 Å². The van der Waals surface area contributed by atoms with E-state index in [2.05, 4.69) is 9.97 Å². The van der Waals surface area contributed by atoms with Crippen LogP contribution in [0.3, 0.4) is 0 Å². The quantitative estimate of drug-likeness (QED) is 0.796. The van der Waals surface area contributed by atoms with E-state index in [1.54, 1.807) is 26.0 Å². The normalized spacial score (nSPS) is 10.3. The molecule has 0 radical (unpaired) electrons. The van der Waals surface area contributed by atoms with Gasteiger partial charge in [-0.15, -0.1) is 0 Å². The third-order valence-corrected chi connectivity index (χ3v) is 2.58. The van der Waals surface area contributed by atoms with Crippen LogP contribution in [0.4, 0.5) is 4.39 Å². The van der Waals surface area contributed by atoms with Crippen molar-refractivity contribution in [3.05, 3.63) is 47.7 Å². The number of rotatable bonds is 3. The summed E-state index contributed by atoms with van der Waals surface area (Å²) in [6.07, 6.45) is 2.65. The van der Waals surface area contributed by atoms with Crippen LogP contribution in [0.1, 0.15) is 23.0 Å². The highest BCUT2D eigenvalue weighted by Crippen LogP contribution is 2.19. The zero-order chi connectivity index (χ0) is 13.8. The van der Waals surface area contributed by atoms with Gasteiger partial charge in [-0.25, -0.2) is 9.18 Å². The summed E-state index contributed by atoms with van der Waals surface area (Å²) in [6.45, 7) is 3.77. The van der Waals surface area contributed by atoms with Crippen LogP contribution in [0.15, 0.2) is 30.6 Å². The molecule has 2 aromatic heterocycles. The Morgan fingerprint density at radius 2 is 2.16 bits per heavy atom. The first-order valence-corrected chi connectivity index (χ1v) is 5.87. The summed E-state index contributed by atoms with van der Waals surface area (Å²) in [7, 11) is 0. The van der Waals surface area contributed by atoms with E-state index in [1.165, 1.54) is 12.3 Å². The number of esters is 1. The number of hydrogen-bond acceptors (Lipinski definition) is 4. The highest BCUT2D eigenvalue weighted by molar-refractivity contribution is 5.90. The first-order chi connectivity index (χ1) is 9.11. The van der Waals surface area contributed by atoms with Crippen molar-refractivity contribution >= 4 is 5.97 Å². The maximum Gasteiger partial charge on any atom is 0.339 e. The molecule has 0 saturated carbocycles. The summed E-state index contributed by atoms with van der Waals surface area (Å²) in [4.78, 5) is 19.7. The minimum Gasteiger partial charge on any atom is -0.462 e. The Hall–Kier alpha value is -2.30. The van der Waals surface area contributed by atoms with Crippen molar-refractivity contribution in [3.63, 3.8) is 0 Å². The third-order valence-electron chi connectivity index (χ3n) is 2.58. The fourth-order valence-corrected chi connectivity index (χ4v) is 1.70. The number of halogens is 1. The lowest BCUT2D eigenvalue weighted by molar-refractivity contribution is 0.0525. The molecule has 0 spiro atoms. The van der Waals surface area contributed by atoms with Gasteiger partial charge in [-0.1, -0.05) is 0 Å². The van der Waals surface area contributed by atoms with E-state index in [1.807, 2.05) is 0 Å². The first kappa shape index (κ1) is 13.1. The monoisotopic (exact) mass is 260 g/mol. The van der Waals surface area contributed by atoms with Crippen molar-refractivity contribution in [3.8, 4) is 11.3 Å². The molecule has 0 aliphatic heterocycles. The van der Waals surface area contributed by atoms with E-state index < -0.39 is 11.8 Å². The van der Waals surface area contributed by atoms with Gasteiger partial charge >= 0.3 is 5.97 Å². The second kappa shape index (κ2) is 5.56. The molecule has 98 valence electrons. The topological polar surface area (TPSA) is 52.1 Å². The van der Waals surface area contributed by atoms with Crippen LogP contribution in [-0.2, 0) is 4.74 Å². The van der Waals surface area contributed by atoms with Crippen LogP contribution >= 0.6 is 0 Å². The molecule has 0 fully saturated rings. The van der Waals surface area contributed by atoms with Crippen LogP contribution in [0.2, 0.25) is 0 Å². The molecule has 0 saturated heterocycles. The second-order valence-corrected chi connectivity index (χ2v) is 3.94. The van der Waals surface area contributed by atoms with Crippen molar-refractivity contribution in [2.75, 3.05) is 6.61 Å². The molecule has 0 N–H and O–H groups in total. The maximum absolute atomic E-state index is 13.1. The number of pyridine rings is 2. The van der Waals surface area contributed by atoms with Crippen LogP contribution < -0.4 is 0 Å². The smallest absolute Gasteiger partial charge is 0.339 e. The predicted octanol–water partition coefficient (Wildman–Crippen LogP) is 2.77. The van der Waals surface area contributed by atoms with Crippen molar-refractivity contribution in [1.82, 2.24) is 9.97 Å². The van der Waals surface area contributed by atoms with E-state index in [9.17, 15) is 9.18 Å². The largest absolute Gasteiger partial charge is 0.462 e. The van der Waals surface area contributed by atoms with Crippen molar-refractivity contribution in [2.24, 2.45) is 0 Å². The molecule has 4 nitrogen and oxygen atoms in total. The summed E-state index contributed by atoms with van der Waals surface area (Å²) in [5.41, 5.74) is 2.09. The highest BCUT2D eigenvalue weighted by atomic mass is 19.1. The number of nitrogens with zero attached hydrogens (tertiary/aromatic N) is 2. The number of hydrogen-bond donors (Lipinski definition) is 0. The SMILES string of the molecule is CCOC(=O)c1ccc(-c2cncc(F)c2)nc1C. The van der Waals surface area contributed by atoms with E-state index in [0.29, 0.717) is 29.1 Å². The molecule has 0 aliphatic carbocycles. The van der Waals surface area contributed by atoms with Crippen molar-refractivity contribution < 1.29 is 13.9 Å². The lowest BCUT2D eigenvalue weighted by Crippen LogP contribution is -2.08. The Bertz CT molecular complexity index is 614. The zero-order valence-electron chi connectivity index (χ0n) is 10.7. The molecular formula is C14H13FN2O2. The maximum atomic E-state index is 13.1. The van der Waals surface area contributed by atoms with Gasteiger partial charge in [0.15, 0.2) is 0 Å². The van der Waals surface area contributed by atoms with E-state index in [4.69, 9.17) is 4.74 Å². The fraction of sp³-hybridized carbons (Fsp3) is 0.214. The number of ether oxygens (including phenoxy) is 1. The Morgan fingerprint density at radius 1 is 1.37 bits per heavy atom. The molecule has 0 amide bonds. The van der Waals surface area contributed by atoms with E-state index >= 15 is 0 Å². The molecule has 2 aromatic rings.